The zero-order chi connectivity index (χ0) is 20.1. The summed E-state index contributed by atoms with van der Waals surface area (Å²) in [7, 11) is 0. The molecule has 1 saturated heterocycles. The van der Waals surface area contributed by atoms with Crippen molar-refractivity contribution < 1.29 is 22.4 Å². The Morgan fingerprint density at radius 2 is 1.54 bits per heavy atom. The van der Waals surface area contributed by atoms with Gasteiger partial charge in [0.05, 0.1) is 5.56 Å². The van der Waals surface area contributed by atoms with Gasteiger partial charge in [-0.3, -0.25) is 0 Å². The minimum atomic E-state index is -4.34. The second-order valence-corrected chi connectivity index (χ2v) is 6.63. The fourth-order valence-corrected chi connectivity index (χ4v) is 3.11. The summed E-state index contributed by atoms with van der Waals surface area (Å²) in [5.74, 6) is -0.293. The summed E-state index contributed by atoms with van der Waals surface area (Å²) in [5.41, 5.74) is 0.980. The van der Waals surface area contributed by atoms with E-state index in [-0.39, 0.29) is 11.8 Å². The summed E-state index contributed by atoms with van der Waals surface area (Å²) >= 11 is 0. The molecule has 28 heavy (non-hydrogen) atoms. The summed E-state index contributed by atoms with van der Waals surface area (Å²) in [6.45, 7) is 2.53. The van der Waals surface area contributed by atoms with E-state index in [1.807, 2.05) is 4.90 Å². The van der Waals surface area contributed by atoms with Crippen LogP contribution in [0, 0.1) is 5.82 Å². The van der Waals surface area contributed by atoms with Crippen LogP contribution in [-0.2, 0) is 12.6 Å². The van der Waals surface area contributed by atoms with Crippen LogP contribution in [-0.4, -0.2) is 43.7 Å². The Hall–Kier alpha value is -2.77. The normalized spacial score (nSPS) is 14.9. The predicted molar refractivity (Wildman–Crippen MR) is 98.7 cm³/mol. The number of nitrogens with one attached hydrogen (secondary N) is 1. The molecule has 2 aromatic rings. The number of hydrogen-bond donors (Lipinski definition) is 1. The number of anilines is 1. The largest absolute Gasteiger partial charge is 0.416 e. The molecular weight excluding hydrogens is 374 g/mol. The smallest absolute Gasteiger partial charge is 0.368 e. The molecule has 2 amide bonds. The maximum atomic E-state index is 12.9. The molecule has 1 fully saturated rings. The summed E-state index contributed by atoms with van der Waals surface area (Å²) in [6, 6.07) is 11.0. The maximum Gasteiger partial charge on any atom is 0.416 e. The SMILES string of the molecule is O=C(NCCc1ccc(F)cc1)N1CCN(c2ccc(C(F)(F)F)cc2)CC1. The molecule has 4 nitrogen and oxygen atoms in total. The fourth-order valence-electron chi connectivity index (χ4n) is 3.11. The van der Waals surface area contributed by atoms with Crippen molar-refractivity contribution in [1.29, 1.82) is 0 Å². The second kappa shape index (κ2) is 8.50. The van der Waals surface area contributed by atoms with Crippen LogP contribution in [0.2, 0.25) is 0 Å². The third-order valence-electron chi connectivity index (χ3n) is 4.73. The van der Waals surface area contributed by atoms with Gasteiger partial charge in [-0.25, -0.2) is 9.18 Å². The first kappa shape index (κ1) is 20.0. The van der Waals surface area contributed by atoms with Crippen LogP contribution < -0.4 is 10.2 Å². The van der Waals surface area contributed by atoms with Gasteiger partial charge in [0.15, 0.2) is 0 Å². The molecule has 150 valence electrons. The lowest BCUT2D eigenvalue weighted by Crippen LogP contribution is -2.52. The average molecular weight is 395 g/mol. The number of hydrogen-bond acceptors (Lipinski definition) is 2. The van der Waals surface area contributed by atoms with Crippen molar-refractivity contribution in [2.75, 3.05) is 37.6 Å². The van der Waals surface area contributed by atoms with Gasteiger partial charge in [-0.05, 0) is 48.4 Å². The Bertz CT molecular complexity index is 783. The Morgan fingerprint density at radius 1 is 0.929 bits per heavy atom. The van der Waals surface area contributed by atoms with Crippen molar-refractivity contribution in [3.8, 4) is 0 Å². The van der Waals surface area contributed by atoms with Crippen molar-refractivity contribution in [1.82, 2.24) is 10.2 Å². The Morgan fingerprint density at radius 3 is 2.11 bits per heavy atom. The third kappa shape index (κ3) is 5.15. The van der Waals surface area contributed by atoms with Gasteiger partial charge in [-0.2, -0.15) is 13.2 Å². The molecule has 0 radical (unpaired) electrons. The lowest BCUT2D eigenvalue weighted by atomic mass is 10.1. The lowest BCUT2D eigenvalue weighted by Gasteiger charge is -2.36. The van der Waals surface area contributed by atoms with Crippen molar-refractivity contribution in [2.24, 2.45) is 0 Å². The predicted octanol–water partition coefficient (Wildman–Crippen LogP) is 3.92. The highest BCUT2D eigenvalue weighted by Gasteiger charge is 2.30. The van der Waals surface area contributed by atoms with Gasteiger partial charge in [0.2, 0.25) is 0 Å². The standard InChI is InChI=1S/C20H21F4N3O/c21-17-5-1-15(2-6-17)9-10-25-19(28)27-13-11-26(12-14-27)18-7-3-16(4-8-18)20(22,23)24/h1-8H,9-14H2,(H,25,28). The Balaban J connectivity index is 1.44. The van der Waals surface area contributed by atoms with E-state index >= 15 is 0 Å². The number of urea groups is 1. The van der Waals surface area contributed by atoms with Gasteiger partial charge in [-0.15, -0.1) is 0 Å². The van der Waals surface area contributed by atoms with Crippen molar-refractivity contribution in [3.63, 3.8) is 0 Å². The minimum Gasteiger partial charge on any atom is -0.368 e. The maximum absolute atomic E-state index is 12.9. The molecule has 8 heteroatoms. The van der Waals surface area contributed by atoms with Crippen LogP contribution in [0.5, 0.6) is 0 Å². The van der Waals surface area contributed by atoms with Gasteiger partial charge in [-0.1, -0.05) is 12.1 Å². The molecule has 1 heterocycles. The van der Waals surface area contributed by atoms with E-state index in [1.54, 1.807) is 17.0 Å². The third-order valence-corrected chi connectivity index (χ3v) is 4.73. The number of amides is 2. The number of nitrogens with zero attached hydrogens (tertiary/aromatic N) is 2. The van der Waals surface area contributed by atoms with Gasteiger partial charge in [0.1, 0.15) is 5.82 Å². The quantitative estimate of drug-likeness (QED) is 0.797. The highest BCUT2D eigenvalue weighted by molar-refractivity contribution is 5.74. The van der Waals surface area contributed by atoms with Crippen molar-refractivity contribution in [2.45, 2.75) is 12.6 Å². The molecule has 0 atom stereocenters. The van der Waals surface area contributed by atoms with Crippen LogP contribution in [0.1, 0.15) is 11.1 Å². The monoisotopic (exact) mass is 395 g/mol. The molecule has 1 aliphatic heterocycles. The average Bonchev–Trinajstić information content (AvgIpc) is 2.69. The summed E-state index contributed by atoms with van der Waals surface area (Å²) < 4.78 is 50.8. The van der Waals surface area contributed by atoms with Gasteiger partial charge in [0, 0.05) is 38.4 Å². The summed E-state index contributed by atoms with van der Waals surface area (Å²) in [4.78, 5) is 15.9. The van der Waals surface area contributed by atoms with E-state index in [9.17, 15) is 22.4 Å². The van der Waals surface area contributed by atoms with Crippen LogP contribution in [0.3, 0.4) is 0 Å². The van der Waals surface area contributed by atoms with E-state index in [2.05, 4.69) is 5.32 Å². The molecule has 2 aromatic carbocycles. The number of rotatable bonds is 4. The highest BCUT2D eigenvalue weighted by Crippen LogP contribution is 2.30. The number of halogens is 4. The number of carbonyl (C=O) groups excluding carboxylic acids is 1. The van der Waals surface area contributed by atoms with Gasteiger partial charge in [0.25, 0.3) is 0 Å². The molecule has 0 saturated carbocycles. The highest BCUT2D eigenvalue weighted by atomic mass is 19.4. The number of alkyl halides is 3. The first-order valence-corrected chi connectivity index (χ1v) is 9.02. The van der Waals surface area contributed by atoms with Crippen LogP contribution in [0.4, 0.5) is 28.0 Å². The van der Waals surface area contributed by atoms with Crippen LogP contribution in [0.25, 0.3) is 0 Å². The Kier molecular flexibility index (Phi) is 6.06. The summed E-state index contributed by atoms with van der Waals surface area (Å²) in [5, 5.41) is 2.84. The molecule has 0 aromatic heterocycles. The lowest BCUT2D eigenvalue weighted by molar-refractivity contribution is -0.137. The van der Waals surface area contributed by atoms with Crippen LogP contribution in [0.15, 0.2) is 48.5 Å². The molecule has 1 N–H and O–H groups in total. The van der Waals surface area contributed by atoms with Crippen molar-refractivity contribution in [3.05, 3.63) is 65.5 Å². The number of piperazine rings is 1. The van der Waals surface area contributed by atoms with E-state index in [0.717, 1.165) is 17.7 Å². The first-order valence-electron chi connectivity index (χ1n) is 9.02. The molecule has 0 unspecified atom stereocenters. The molecule has 0 aliphatic carbocycles. The zero-order valence-corrected chi connectivity index (χ0v) is 15.2. The molecule has 3 rings (SSSR count). The fraction of sp³-hybridized carbons (Fsp3) is 0.350. The van der Waals surface area contributed by atoms with Crippen LogP contribution >= 0.6 is 0 Å². The number of carbonyl (C=O) groups is 1. The molecule has 0 spiro atoms. The van der Waals surface area contributed by atoms with Crippen molar-refractivity contribution >= 4 is 11.7 Å². The molecular formula is C20H21F4N3O. The second-order valence-electron chi connectivity index (χ2n) is 6.63. The van der Waals surface area contributed by atoms with Gasteiger partial charge >= 0.3 is 12.2 Å². The van der Waals surface area contributed by atoms with E-state index in [0.29, 0.717) is 44.8 Å². The summed E-state index contributed by atoms with van der Waals surface area (Å²) in [6.07, 6.45) is -3.74. The molecule has 0 bridgehead atoms. The van der Waals surface area contributed by atoms with Gasteiger partial charge < -0.3 is 15.1 Å². The zero-order valence-electron chi connectivity index (χ0n) is 15.2. The Labute approximate surface area is 160 Å². The molecule has 1 aliphatic rings. The number of benzene rings is 2. The minimum absolute atomic E-state index is 0.172. The van der Waals surface area contributed by atoms with E-state index in [4.69, 9.17) is 0 Å². The van der Waals surface area contributed by atoms with E-state index in [1.165, 1.54) is 24.3 Å². The topological polar surface area (TPSA) is 35.6 Å². The first-order chi connectivity index (χ1) is 13.3. The van der Waals surface area contributed by atoms with E-state index < -0.39 is 11.7 Å².